The summed E-state index contributed by atoms with van der Waals surface area (Å²) in [6.07, 6.45) is -5.31. The van der Waals surface area contributed by atoms with Gasteiger partial charge in [0, 0.05) is 0 Å². The van der Waals surface area contributed by atoms with Gasteiger partial charge in [0.1, 0.15) is 0 Å². The molecule has 0 aromatic heterocycles. The van der Waals surface area contributed by atoms with Gasteiger partial charge in [-0.15, -0.1) is 0 Å². The van der Waals surface area contributed by atoms with Crippen molar-refractivity contribution in [3.8, 4) is 0 Å². The van der Waals surface area contributed by atoms with Crippen LogP contribution in [0.4, 0.5) is 17.7 Å². The maximum absolute atomic E-state index is 11.1. The molecule has 1 amide bonds. The first-order valence-electron chi connectivity index (χ1n) is 1.91. The van der Waals surface area contributed by atoms with E-state index in [0.717, 1.165) is 0 Å². The Morgan fingerprint density at radius 1 is 1.20 bits per heavy atom. The third kappa shape index (κ3) is 2.00. The van der Waals surface area contributed by atoms with E-state index in [1.54, 1.807) is 0 Å². The number of alkyl halides is 3. The monoisotopic (exact) mass is 159 g/mol. The smallest absolute Gasteiger partial charge is 0.278 e. The summed E-state index contributed by atoms with van der Waals surface area (Å²) < 4.78 is 44.2. The molecule has 1 N–H and O–H groups in total. The van der Waals surface area contributed by atoms with Crippen molar-refractivity contribution in [2.45, 2.75) is 6.18 Å². The van der Waals surface area contributed by atoms with Crippen LogP contribution in [-0.2, 0) is 9.59 Å². The largest absolute Gasteiger partial charge is 0.460 e. The number of ketones is 1. The molecule has 0 spiro atoms. The molecule has 0 aliphatic carbocycles. The zero-order valence-corrected chi connectivity index (χ0v) is 4.33. The minimum Gasteiger partial charge on any atom is -0.278 e. The molecule has 0 heterocycles. The normalized spacial score (nSPS) is 10.8. The summed E-state index contributed by atoms with van der Waals surface area (Å²) in [7, 11) is 0. The van der Waals surface area contributed by atoms with Crippen molar-refractivity contribution in [3.05, 3.63) is 0 Å². The summed E-state index contributed by atoms with van der Waals surface area (Å²) in [5.74, 6) is -5.07. The average Bonchev–Trinajstić information content (AvgIpc) is 1.83. The molecule has 0 bridgehead atoms. The van der Waals surface area contributed by atoms with Gasteiger partial charge in [-0.25, -0.2) is 0 Å². The molecular formula is C3HF4NO2. The molecule has 0 aliphatic rings. The molecule has 10 heavy (non-hydrogen) atoms. The molecule has 0 aliphatic heterocycles. The summed E-state index contributed by atoms with van der Waals surface area (Å²) in [4.78, 5) is 19.2. The average molecular weight is 159 g/mol. The van der Waals surface area contributed by atoms with Crippen molar-refractivity contribution < 1.29 is 27.2 Å². The molecule has 0 atom stereocenters. The third-order valence-corrected chi connectivity index (χ3v) is 0.550. The van der Waals surface area contributed by atoms with Crippen molar-refractivity contribution in [2.24, 2.45) is 0 Å². The van der Waals surface area contributed by atoms with Crippen LogP contribution in [-0.4, -0.2) is 17.9 Å². The van der Waals surface area contributed by atoms with E-state index in [-0.39, 0.29) is 5.54 Å². The predicted octanol–water partition coefficient (Wildman–Crippen LogP) is 0.118. The highest BCUT2D eigenvalue weighted by molar-refractivity contribution is 6.38. The van der Waals surface area contributed by atoms with Gasteiger partial charge in [-0.1, -0.05) is 4.48 Å². The number of rotatable bonds is 1. The van der Waals surface area contributed by atoms with Crippen LogP contribution >= 0.6 is 0 Å². The van der Waals surface area contributed by atoms with E-state index in [0.29, 0.717) is 0 Å². The fourth-order valence-corrected chi connectivity index (χ4v) is 0.172. The first-order valence-corrected chi connectivity index (χ1v) is 1.91. The second kappa shape index (κ2) is 2.63. The highest BCUT2D eigenvalue weighted by Gasteiger charge is 2.43. The minimum absolute atomic E-state index is 0.0628. The molecular weight excluding hydrogens is 158 g/mol. The number of halogens is 4. The van der Waals surface area contributed by atoms with Gasteiger partial charge in [-0.05, 0) is 0 Å². The van der Waals surface area contributed by atoms with Gasteiger partial charge in [0.25, 0.3) is 0 Å². The van der Waals surface area contributed by atoms with E-state index >= 15 is 0 Å². The second-order valence-corrected chi connectivity index (χ2v) is 1.25. The molecule has 0 saturated heterocycles. The summed E-state index contributed by atoms with van der Waals surface area (Å²) in [5, 5.41) is 0. The van der Waals surface area contributed by atoms with Crippen LogP contribution in [0.5, 0.6) is 0 Å². The molecule has 0 radical (unpaired) electrons. The van der Waals surface area contributed by atoms with Crippen LogP contribution in [0.3, 0.4) is 0 Å². The van der Waals surface area contributed by atoms with Crippen molar-refractivity contribution >= 4 is 11.7 Å². The maximum atomic E-state index is 11.1. The van der Waals surface area contributed by atoms with Crippen LogP contribution in [0.2, 0.25) is 0 Å². The Labute approximate surface area is 51.9 Å². The van der Waals surface area contributed by atoms with Gasteiger partial charge in [-0.2, -0.15) is 18.7 Å². The zero-order chi connectivity index (χ0) is 8.36. The van der Waals surface area contributed by atoms with E-state index in [9.17, 15) is 27.2 Å². The van der Waals surface area contributed by atoms with Crippen molar-refractivity contribution in [1.82, 2.24) is 5.54 Å². The van der Waals surface area contributed by atoms with Crippen molar-refractivity contribution in [1.29, 1.82) is 0 Å². The van der Waals surface area contributed by atoms with E-state index in [2.05, 4.69) is 0 Å². The minimum atomic E-state index is -5.31. The lowest BCUT2D eigenvalue weighted by molar-refractivity contribution is -0.176. The fraction of sp³-hybridized carbons (Fsp3) is 0.333. The fourth-order valence-electron chi connectivity index (χ4n) is 0.172. The van der Waals surface area contributed by atoms with Crippen LogP contribution in [0.15, 0.2) is 0 Å². The first-order chi connectivity index (χ1) is 4.39. The molecule has 58 valence electrons. The van der Waals surface area contributed by atoms with Gasteiger partial charge < -0.3 is 0 Å². The predicted molar refractivity (Wildman–Crippen MR) is 20.3 cm³/mol. The van der Waals surface area contributed by atoms with Gasteiger partial charge in [-0.3, -0.25) is 9.59 Å². The molecule has 7 heteroatoms. The Morgan fingerprint density at radius 2 is 1.60 bits per heavy atom. The topological polar surface area (TPSA) is 46.2 Å². The Morgan fingerprint density at radius 3 is 1.70 bits per heavy atom. The zero-order valence-electron chi connectivity index (χ0n) is 4.33. The lowest BCUT2D eigenvalue weighted by atomic mass is 10.4. The Kier molecular flexibility index (Phi) is 2.33. The molecule has 3 nitrogen and oxygen atoms in total. The van der Waals surface area contributed by atoms with Crippen molar-refractivity contribution in [3.63, 3.8) is 0 Å². The lowest BCUT2D eigenvalue weighted by Crippen LogP contribution is -2.36. The summed E-state index contributed by atoms with van der Waals surface area (Å²) in [5.41, 5.74) is 0.0628. The Balaban J connectivity index is 4.24. The number of Topliss-reactive ketones (excluding diaryl/α,β-unsaturated/α-hetero) is 1. The van der Waals surface area contributed by atoms with E-state index < -0.39 is 17.9 Å². The molecule has 0 fully saturated rings. The summed E-state index contributed by atoms with van der Waals surface area (Å²) in [6.45, 7) is 0. The van der Waals surface area contributed by atoms with Gasteiger partial charge in [0.05, 0.1) is 0 Å². The molecule has 0 saturated carbocycles. The quantitative estimate of drug-likeness (QED) is 0.335. The van der Waals surface area contributed by atoms with Crippen LogP contribution in [0.1, 0.15) is 0 Å². The number of hydrogen-bond acceptors (Lipinski definition) is 2. The molecule has 0 aromatic rings. The SMILES string of the molecule is O=C(NF)C(=O)C(F)(F)F. The van der Waals surface area contributed by atoms with Crippen LogP contribution in [0, 0.1) is 0 Å². The second-order valence-electron chi connectivity index (χ2n) is 1.25. The summed E-state index contributed by atoms with van der Waals surface area (Å²) in [6, 6.07) is 0. The lowest BCUT2D eigenvalue weighted by Gasteiger charge is -1.99. The Bertz CT molecular complexity index is 162. The first kappa shape index (κ1) is 8.86. The number of nitrogens with one attached hydrogen (secondary N) is 1. The van der Waals surface area contributed by atoms with E-state index in [1.165, 1.54) is 0 Å². The van der Waals surface area contributed by atoms with Crippen LogP contribution in [0.25, 0.3) is 0 Å². The van der Waals surface area contributed by atoms with Crippen molar-refractivity contribution in [2.75, 3.05) is 0 Å². The van der Waals surface area contributed by atoms with Gasteiger partial charge in [0.15, 0.2) is 0 Å². The standard InChI is InChI=1S/C3HF4NO2/c4-3(5,6)1(9)2(10)8-7/h(H,8,10). The number of hydrogen-bond donors (Lipinski definition) is 1. The van der Waals surface area contributed by atoms with Gasteiger partial charge >= 0.3 is 17.9 Å². The van der Waals surface area contributed by atoms with Crippen LogP contribution < -0.4 is 5.54 Å². The summed E-state index contributed by atoms with van der Waals surface area (Å²) >= 11 is 0. The highest BCUT2D eigenvalue weighted by atomic mass is 19.4. The van der Waals surface area contributed by atoms with E-state index in [4.69, 9.17) is 0 Å². The number of carbonyl (C=O) groups excluding carboxylic acids is 2. The number of carbonyl (C=O) groups is 2. The van der Waals surface area contributed by atoms with Gasteiger partial charge in [0.2, 0.25) is 0 Å². The van der Waals surface area contributed by atoms with E-state index in [1.807, 2.05) is 0 Å². The molecule has 0 unspecified atom stereocenters. The third-order valence-electron chi connectivity index (χ3n) is 0.550. The maximum Gasteiger partial charge on any atom is 0.460 e. The molecule has 0 rings (SSSR count). The number of amides is 1. The Hall–Kier alpha value is -1.14. The highest BCUT2D eigenvalue weighted by Crippen LogP contribution is 2.15. The molecule has 0 aromatic carbocycles.